The molecule has 0 rings (SSSR count). The highest BCUT2D eigenvalue weighted by molar-refractivity contribution is 5.28. The largest absolute Gasteiger partial charge is 0.394 e. The highest BCUT2D eigenvalue weighted by Crippen LogP contribution is 2.06. The van der Waals surface area contributed by atoms with Crippen LogP contribution in [0.3, 0.4) is 0 Å². The predicted molar refractivity (Wildman–Crippen MR) is 60.6 cm³/mol. The summed E-state index contributed by atoms with van der Waals surface area (Å²) in [5.74, 6) is 0. The van der Waals surface area contributed by atoms with Gasteiger partial charge in [-0.2, -0.15) is 0 Å². The molecule has 0 bridgehead atoms. The lowest BCUT2D eigenvalue weighted by atomic mass is 10.1. The lowest BCUT2D eigenvalue weighted by molar-refractivity contribution is 1.04. The molecule has 0 aromatic carbocycles. The minimum atomic E-state index is 1.07. The average Bonchev–Trinajstić information content (AvgIpc) is 2.14. The van der Waals surface area contributed by atoms with Crippen LogP contribution in [0.5, 0.6) is 0 Å². The van der Waals surface area contributed by atoms with Crippen molar-refractivity contribution in [3.63, 3.8) is 0 Å². The second-order valence-electron chi connectivity index (χ2n) is 3.06. The Morgan fingerprint density at radius 3 is 2.46 bits per heavy atom. The molecule has 74 valence electrons. The van der Waals surface area contributed by atoms with Crippen LogP contribution < -0.4 is 5.32 Å². The van der Waals surface area contributed by atoms with Gasteiger partial charge in [0.1, 0.15) is 0 Å². The second-order valence-corrected chi connectivity index (χ2v) is 3.06. The van der Waals surface area contributed by atoms with Gasteiger partial charge in [0, 0.05) is 7.05 Å². The summed E-state index contributed by atoms with van der Waals surface area (Å²) >= 11 is 0. The van der Waals surface area contributed by atoms with Crippen molar-refractivity contribution in [3.8, 4) is 0 Å². The van der Waals surface area contributed by atoms with Crippen molar-refractivity contribution in [3.05, 3.63) is 35.6 Å². The third-order valence-corrected chi connectivity index (χ3v) is 1.77. The highest BCUT2D eigenvalue weighted by Gasteiger charge is 1.88. The van der Waals surface area contributed by atoms with E-state index in [1.54, 1.807) is 0 Å². The van der Waals surface area contributed by atoms with E-state index in [0.29, 0.717) is 0 Å². The fourth-order valence-electron chi connectivity index (χ4n) is 1.08. The van der Waals surface area contributed by atoms with Crippen LogP contribution >= 0.6 is 0 Å². The summed E-state index contributed by atoms with van der Waals surface area (Å²) in [6.45, 7) is 6.44. The first-order valence-electron chi connectivity index (χ1n) is 4.95. The molecule has 0 aliphatic carbocycles. The van der Waals surface area contributed by atoms with Gasteiger partial charge in [0.15, 0.2) is 0 Å². The molecule has 0 spiro atoms. The second kappa shape index (κ2) is 7.66. The van der Waals surface area contributed by atoms with Crippen LogP contribution in [0.25, 0.3) is 0 Å². The molecular formula is C12H21N. The molecule has 1 N–H and O–H groups in total. The molecule has 0 amide bonds. The number of hydrogen-bond acceptors (Lipinski definition) is 1. The molecule has 0 heterocycles. The standard InChI is InChI=1S/C12H21N/c1-5-7-8-11(3)9-12(6-2)10-13-4/h7-10,13H,5-6H2,1-4H3/b8-7-,11-9+,12-10-. The first kappa shape index (κ1) is 12.0. The molecule has 0 aliphatic heterocycles. The number of hydrogen-bond donors (Lipinski definition) is 1. The van der Waals surface area contributed by atoms with Crippen molar-refractivity contribution in [2.45, 2.75) is 33.6 Å². The first-order chi connectivity index (χ1) is 6.24. The summed E-state index contributed by atoms with van der Waals surface area (Å²) in [4.78, 5) is 0. The van der Waals surface area contributed by atoms with Crippen molar-refractivity contribution in [2.24, 2.45) is 0 Å². The predicted octanol–water partition coefficient (Wildman–Crippen LogP) is 3.41. The van der Waals surface area contributed by atoms with Gasteiger partial charge in [-0.15, -0.1) is 0 Å². The minimum Gasteiger partial charge on any atom is -0.394 e. The van der Waals surface area contributed by atoms with Crippen molar-refractivity contribution >= 4 is 0 Å². The summed E-state index contributed by atoms with van der Waals surface area (Å²) in [5.41, 5.74) is 2.64. The van der Waals surface area contributed by atoms with Crippen molar-refractivity contribution in [1.29, 1.82) is 0 Å². The topological polar surface area (TPSA) is 12.0 Å². The third kappa shape index (κ3) is 6.21. The molecule has 0 aromatic rings. The van der Waals surface area contributed by atoms with E-state index < -0.39 is 0 Å². The van der Waals surface area contributed by atoms with Crippen LogP contribution in [0.2, 0.25) is 0 Å². The molecule has 0 saturated carbocycles. The quantitative estimate of drug-likeness (QED) is 0.638. The van der Waals surface area contributed by atoms with Crippen LogP contribution in [-0.4, -0.2) is 7.05 Å². The summed E-state index contributed by atoms with van der Waals surface area (Å²) < 4.78 is 0. The van der Waals surface area contributed by atoms with Gasteiger partial charge in [-0.25, -0.2) is 0 Å². The minimum absolute atomic E-state index is 1.07. The molecule has 0 atom stereocenters. The zero-order valence-corrected chi connectivity index (χ0v) is 9.22. The van der Waals surface area contributed by atoms with Gasteiger partial charge < -0.3 is 5.32 Å². The maximum atomic E-state index is 3.05. The zero-order valence-electron chi connectivity index (χ0n) is 9.22. The number of nitrogens with one attached hydrogen (secondary N) is 1. The van der Waals surface area contributed by atoms with Crippen LogP contribution in [-0.2, 0) is 0 Å². The monoisotopic (exact) mass is 179 g/mol. The molecule has 13 heavy (non-hydrogen) atoms. The van der Waals surface area contributed by atoms with E-state index in [9.17, 15) is 0 Å². The third-order valence-electron chi connectivity index (χ3n) is 1.77. The molecule has 0 aromatic heterocycles. The van der Waals surface area contributed by atoms with Gasteiger partial charge in [-0.05, 0) is 31.5 Å². The van der Waals surface area contributed by atoms with Crippen LogP contribution in [0.1, 0.15) is 33.6 Å². The van der Waals surface area contributed by atoms with E-state index in [2.05, 4.69) is 44.3 Å². The molecule has 1 nitrogen and oxygen atoms in total. The Morgan fingerprint density at radius 1 is 1.31 bits per heavy atom. The molecule has 0 radical (unpaired) electrons. The van der Waals surface area contributed by atoms with Crippen LogP contribution in [0.15, 0.2) is 35.6 Å². The van der Waals surface area contributed by atoms with E-state index in [1.165, 1.54) is 11.1 Å². The lowest BCUT2D eigenvalue weighted by Gasteiger charge is -1.98. The molecule has 0 unspecified atom stereocenters. The number of rotatable bonds is 5. The molecular weight excluding hydrogens is 158 g/mol. The first-order valence-corrected chi connectivity index (χ1v) is 4.95. The fraction of sp³-hybridized carbons (Fsp3) is 0.500. The van der Waals surface area contributed by atoms with Gasteiger partial charge in [0.2, 0.25) is 0 Å². The van der Waals surface area contributed by atoms with Gasteiger partial charge in [0.05, 0.1) is 0 Å². The van der Waals surface area contributed by atoms with Crippen molar-refractivity contribution < 1.29 is 0 Å². The van der Waals surface area contributed by atoms with Crippen molar-refractivity contribution in [2.75, 3.05) is 7.05 Å². The molecule has 1 heteroatoms. The number of allylic oxidation sites excluding steroid dienone is 5. The van der Waals surface area contributed by atoms with Gasteiger partial charge in [-0.1, -0.05) is 37.6 Å². The Hall–Kier alpha value is -0.980. The van der Waals surface area contributed by atoms with Crippen molar-refractivity contribution in [1.82, 2.24) is 5.32 Å². The van der Waals surface area contributed by atoms with E-state index in [-0.39, 0.29) is 0 Å². The normalized spacial score (nSPS) is 13.8. The summed E-state index contributed by atoms with van der Waals surface area (Å²) in [6.07, 6.45) is 10.8. The Balaban J connectivity index is 4.33. The maximum Gasteiger partial charge on any atom is 0.00278 e. The fourth-order valence-corrected chi connectivity index (χ4v) is 1.08. The van der Waals surface area contributed by atoms with Gasteiger partial charge in [0.25, 0.3) is 0 Å². The Morgan fingerprint density at radius 2 is 2.00 bits per heavy atom. The smallest absolute Gasteiger partial charge is 0.00278 e. The Bertz CT molecular complexity index is 209. The maximum absolute atomic E-state index is 3.05. The molecule has 0 fully saturated rings. The van der Waals surface area contributed by atoms with E-state index in [0.717, 1.165) is 12.8 Å². The van der Waals surface area contributed by atoms with E-state index in [4.69, 9.17) is 0 Å². The Labute approximate surface area is 82.2 Å². The SMILES string of the molecule is CC\C=C/C(C)=C/C(=C\NC)CC. The summed E-state index contributed by atoms with van der Waals surface area (Å²) in [7, 11) is 1.93. The van der Waals surface area contributed by atoms with Crippen LogP contribution in [0.4, 0.5) is 0 Å². The van der Waals surface area contributed by atoms with Crippen LogP contribution in [0, 0.1) is 0 Å². The van der Waals surface area contributed by atoms with E-state index >= 15 is 0 Å². The lowest BCUT2D eigenvalue weighted by Crippen LogP contribution is -1.94. The zero-order chi connectivity index (χ0) is 10.1. The summed E-state index contributed by atoms with van der Waals surface area (Å²) in [5, 5.41) is 3.05. The van der Waals surface area contributed by atoms with Gasteiger partial charge in [-0.3, -0.25) is 0 Å². The Kier molecular flexibility index (Phi) is 7.08. The van der Waals surface area contributed by atoms with Gasteiger partial charge >= 0.3 is 0 Å². The molecule has 0 saturated heterocycles. The average molecular weight is 179 g/mol. The van der Waals surface area contributed by atoms with E-state index in [1.807, 2.05) is 13.2 Å². The highest BCUT2D eigenvalue weighted by atomic mass is 14.8. The summed E-state index contributed by atoms with van der Waals surface area (Å²) in [6, 6.07) is 0. The molecule has 0 aliphatic rings.